The van der Waals surface area contributed by atoms with Crippen molar-refractivity contribution in [1.82, 2.24) is 14.8 Å². The maximum Gasteiger partial charge on any atom is 0.278 e. The largest absolute Gasteiger partial charge is 0.296 e. The lowest BCUT2D eigenvalue weighted by Crippen LogP contribution is -2.27. The number of fused-ring (bicyclic) bond motifs is 1. The molecule has 0 aliphatic rings. The van der Waals surface area contributed by atoms with Gasteiger partial charge in [-0.3, -0.25) is 19.7 Å². The Morgan fingerprint density at radius 3 is 2.39 bits per heavy atom. The van der Waals surface area contributed by atoms with Gasteiger partial charge in [0.2, 0.25) is 0 Å². The van der Waals surface area contributed by atoms with E-state index in [0.29, 0.717) is 33.0 Å². The molecule has 7 nitrogen and oxygen atoms in total. The first-order chi connectivity index (χ1) is 16.0. The minimum atomic E-state index is -0.473. The number of hydrogen-bond acceptors (Lipinski definition) is 6. The Bertz CT molecular complexity index is 1380. The molecule has 0 aliphatic carbocycles. The Morgan fingerprint density at radius 1 is 1.00 bits per heavy atom. The lowest BCUT2D eigenvalue weighted by Gasteiger charge is -2.10. The molecule has 0 spiro atoms. The number of aromatic nitrogens is 3. The number of hydrogen-bond donors (Lipinski definition) is 1. The molecule has 0 bridgehead atoms. The van der Waals surface area contributed by atoms with Crippen molar-refractivity contribution in [3.8, 4) is 11.3 Å². The number of nitrogens with one attached hydrogen (secondary N) is 1. The lowest BCUT2D eigenvalue weighted by molar-refractivity contribution is 0.101. The summed E-state index contributed by atoms with van der Waals surface area (Å²) in [4.78, 5) is 43.3. The van der Waals surface area contributed by atoms with Crippen LogP contribution in [0.4, 0.5) is 5.13 Å². The number of anilines is 1. The van der Waals surface area contributed by atoms with Crippen molar-refractivity contribution in [2.24, 2.45) is 0 Å². The fourth-order valence-corrected chi connectivity index (χ4v) is 4.50. The van der Waals surface area contributed by atoms with Crippen LogP contribution in [0.25, 0.3) is 22.0 Å². The van der Waals surface area contributed by atoms with E-state index in [0.717, 1.165) is 36.2 Å². The normalized spacial score (nSPS) is 11.0. The minimum absolute atomic E-state index is 0.125. The van der Waals surface area contributed by atoms with Crippen molar-refractivity contribution in [3.05, 3.63) is 75.5 Å². The van der Waals surface area contributed by atoms with E-state index in [-0.39, 0.29) is 17.0 Å². The zero-order valence-corrected chi connectivity index (χ0v) is 19.3. The molecule has 2 aromatic carbocycles. The van der Waals surface area contributed by atoms with Crippen molar-refractivity contribution < 1.29 is 9.59 Å². The first-order valence-corrected chi connectivity index (χ1v) is 11.7. The molecule has 33 heavy (non-hydrogen) atoms. The predicted octanol–water partition coefficient (Wildman–Crippen LogP) is 5.17. The zero-order valence-electron chi connectivity index (χ0n) is 18.5. The summed E-state index contributed by atoms with van der Waals surface area (Å²) in [5.41, 5.74) is 1.28. The van der Waals surface area contributed by atoms with Crippen LogP contribution in [0.15, 0.2) is 59.4 Å². The topological polar surface area (TPSA) is 93.9 Å². The smallest absolute Gasteiger partial charge is 0.278 e. The minimum Gasteiger partial charge on any atom is -0.296 e. The maximum absolute atomic E-state index is 13.2. The fourth-order valence-electron chi connectivity index (χ4n) is 3.63. The van der Waals surface area contributed by atoms with Crippen LogP contribution in [0.3, 0.4) is 0 Å². The number of Topliss-reactive ketones (excluding diaryl/α,β-unsaturated/α-hetero) is 1. The van der Waals surface area contributed by atoms with Crippen LogP contribution >= 0.6 is 11.3 Å². The molecule has 0 unspecified atom stereocenters. The molecule has 0 fully saturated rings. The highest BCUT2D eigenvalue weighted by atomic mass is 32.1. The van der Waals surface area contributed by atoms with E-state index < -0.39 is 5.91 Å². The van der Waals surface area contributed by atoms with Gasteiger partial charge in [-0.15, -0.1) is 0 Å². The molecule has 4 aromatic rings. The quantitative estimate of drug-likeness (QED) is 0.289. The molecular weight excluding hydrogens is 436 g/mol. The van der Waals surface area contributed by atoms with Crippen molar-refractivity contribution >= 4 is 38.9 Å². The SMILES string of the molecule is CCCCCn1nc(C(=O)Nc2nc(-c3ccccc3)c(C(C)=O)s2)c2ccccc2c1=O. The van der Waals surface area contributed by atoms with Crippen LogP contribution in [-0.4, -0.2) is 26.5 Å². The van der Waals surface area contributed by atoms with Gasteiger partial charge in [0.1, 0.15) is 0 Å². The third-order valence-electron chi connectivity index (χ3n) is 5.27. The van der Waals surface area contributed by atoms with Crippen molar-refractivity contribution in [2.75, 3.05) is 5.32 Å². The van der Waals surface area contributed by atoms with E-state index in [1.807, 2.05) is 30.3 Å². The van der Waals surface area contributed by atoms with Crippen molar-refractivity contribution in [3.63, 3.8) is 0 Å². The Labute approximate surface area is 195 Å². The number of benzene rings is 2. The summed E-state index contributed by atoms with van der Waals surface area (Å²) in [5.74, 6) is -0.598. The van der Waals surface area contributed by atoms with Crippen molar-refractivity contribution in [1.29, 1.82) is 0 Å². The summed E-state index contributed by atoms with van der Waals surface area (Å²) in [5, 5.41) is 8.42. The zero-order chi connectivity index (χ0) is 23.4. The fraction of sp³-hybridized carbons (Fsp3) is 0.240. The van der Waals surface area contributed by atoms with E-state index in [4.69, 9.17) is 0 Å². The van der Waals surface area contributed by atoms with Gasteiger partial charge < -0.3 is 0 Å². The van der Waals surface area contributed by atoms with Gasteiger partial charge in [0.05, 0.1) is 16.0 Å². The second-order valence-corrected chi connectivity index (χ2v) is 8.70. The van der Waals surface area contributed by atoms with Crippen LogP contribution in [0, 0.1) is 0 Å². The van der Waals surface area contributed by atoms with Crippen LogP contribution in [0.5, 0.6) is 0 Å². The average molecular weight is 461 g/mol. The van der Waals surface area contributed by atoms with Gasteiger partial charge >= 0.3 is 0 Å². The van der Waals surface area contributed by atoms with Crippen LogP contribution in [0.1, 0.15) is 53.3 Å². The molecule has 2 heterocycles. The van der Waals surface area contributed by atoms with E-state index in [1.54, 1.807) is 24.3 Å². The molecule has 0 aliphatic heterocycles. The highest BCUT2D eigenvalue weighted by molar-refractivity contribution is 7.18. The van der Waals surface area contributed by atoms with E-state index >= 15 is 0 Å². The van der Waals surface area contributed by atoms with Gasteiger partial charge in [-0.25, -0.2) is 9.67 Å². The Morgan fingerprint density at radius 2 is 1.70 bits per heavy atom. The summed E-state index contributed by atoms with van der Waals surface area (Å²) in [6.07, 6.45) is 2.79. The van der Waals surface area contributed by atoms with Crippen LogP contribution in [-0.2, 0) is 6.54 Å². The van der Waals surface area contributed by atoms with Gasteiger partial charge in [-0.05, 0) is 12.5 Å². The first kappa shape index (κ1) is 22.5. The average Bonchev–Trinajstić information content (AvgIpc) is 3.25. The summed E-state index contributed by atoms with van der Waals surface area (Å²) in [6, 6.07) is 16.3. The van der Waals surface area contributed by atoms with Gasteiger partial charge in [0.25, 0.3) is 11.5 Å². The number of unbranched alkanes of at least 4 members (excludes halogenated alkanes) is 2. The highest BCUT2D eigenvalue weighted by Crippen LogP contribution is 2.31. The Balaban J connectivity index is 1.72. The second kappa shape index (κ2) is 9.87. The van der Waals surface area contributed by atoms with E-state index in [9.17, 15) is 14.4 Å². The Hall–Kier alpha value is -3.65. The molecule has 1 N–H and O–H groups in total. The van der Waals surface area contributed by atoms with Crippen LogP contribution < -0.4 is 10.9 Å². The van der Waals surface area contributed by atoms with E-state index in [1.165, 1.54) is 11.6 Å². The second-order valence-electron chi connectivity index (χ2n) is 7.70. The molecule has 8 heteroatoms. The van der Waals surface area contributed by atoms with Crippen molar-refractivity contribution in [2.45, 2.75) is 39.7 Å². The number of carbonyl (C=O) groups is 2. The summed E-state index contributed by atoms with van der Waals surface area (Å²) >= 11 is 1.13. The number of thiazole rings is 1. The molecule has 0 saturated carbocycles. The number of nitrogens with zero attached hydrogens (tertiary/aromatic N) is 3. The molecule has 4 rings (SSSR count). The molecule has 168 valence electrons. The van der Waals surface area contributed by atoms with Gasteiger partial charge in [-0.1, -0.05) is 79.6 Å². The Kier molecular flexibility index (Phi) is 6.74. The van der Waals surface area contributed by atoms with E-state index in [2.05, 4.69) is 22.3 Å². The number of rotatable bonds is 8. The standard InChI is InChI=1S/C25H24N4O3S/c1-3-4-10-15-29-24(32)19-14-9-8-13-18(19)21(28-29)23(31)27-25-26-20(22(33-25)16(2)30)17-11-6-5-7-12-17/h5-9,11-14H,3-4,10,15H2,1-2H3,(H,26,27,31). The molecule has 0 atom stereocenters. The third-order valence-corrected chi connectivity index (χ3v) is 6.34. The molecular formula is C25H24N4O3S. The molecule has 2 aromatic heterocycles. The van der Waals surface area contributed by atoms with Gasteiger partial charge in [-0.2, -0.15) is 5.10 Å². The summed E-state index contributed by atoms with van der Waals surface area (Å²) < 4.78 is 1.37. The number of aryl methyl sites for hydroxylation is 1. The molecule has 0 saturated heterocycles. The van der Waals surface area contributed by atoms with Crippen LogP contribution in [0.2, 0.25) is 0 Å². The third kappa shape index (κ3) is 4.75. The predicted molar refractivity (Wildman–Crippen MR) is 131 cm³/mol. The molecule has 0 radical (unpaired) electrons. The first-order valence-electron chi connectivity index (χ1n) is 10.9. The summed E-state index contributed by atoms with van der Waals surface area (Å²) in [6.45, 7) is 4.01. The maximum atomic E-state index is 13.2. The monoisotopic (exact) mass is 460 g/mol. The highest BCUT2D eigenvalue weighted by Gasteiger charge is 2.21. The summed E-state index contributed by atoms with van der Waals surface area (Å²) in [7, 11) is 0. The number of amides is 1. The molecule has 1 amide bonds. The lowest BCUT2D eigenvalue weighted by atomic mass is 10.1. The van der Waals surface area contributed by atoms with Gasteiger partial charge in [0, 0.05) is 24.4 Å². The number of ketones is 1. The van der Waals surface area contributed by atoms with Gasteiger partial charge in [0.15, 0.2) is 16.6 Å². The number of carbonyl (C=O) groups excluding carboxylic acids is 2.